The number of nitrogens with one attached hydrogen (secondary N) is 2. The van der Waals surface area contributed by atoms with Gasteiger partial charge >= 0.3 is 0 Å². The summed E-state index contributed by atoms with van der Waals surface area (Å²) >= 11 is 5.97. The van der Waals surface area contributed by atoms with Crippen LogP contribution in [0.5, 0.6) is 0 Å². The number of amides is 2. The van der Waals surface area contributed by atoms with Gasteiger partial charge in [0.1, 0.15) is 6.42 Å². The lowest BCUT2D eigenvalue weighted by molar-refractivity contribution is -0.129. The molecule has 0 fully saturated rings. The van der Waals surface area contributed by atoms with Gasteiger partial charge in [-0.15, -0.1) is 0 Å². The first kappa shape index (κ1) is 15.5. The highest BCUT2D eigenvalue weighted by atomic mass is 35.5. The molecule has 0 saturated carbocycles. The minimum Gasteiger partial charge on any atom is -0.356 e. The summed E-state index contributed by atoms with van der Waals surface area (Å²) in [7, 11) is 0. The van der Waals surface area contributed by atoms with Crippen molar-refractivity contribution in [3.05, 3.63) is 34.9 Å². The number of carbonyl (C=O) groups excluding carboxylic acids is 2. The zero-order chi connectivity index (χ0) is 14.1. The van der Waals surface area contributed by atoms with Gasteiger partial charge in [-0.2, -0.15) is 0 Å². The Morgan fingerprint density at radius 2 is 1.84 bits per heavy atom. The SMILES string of the molecule is CCCCNC(=O)CC(=O)NCc1ccccc1Cl. The van der Waals surface area contributed by atoms with Gasteiger partial charge in [-0.3, -0.25) is 9.59 Å². The molecule has 0 aliphatic rings. The molecule has 0 atom stereocenters. The molecule has 1 rings (SSSR count). The lowest BCUT2D eigenvalue weighted by atomic mass is 10.2. The van der Waals surface area contributed by atoms with Crippen LogP contribution in [0.25, 0.3) is 0 Å². The summed E-state index contributed by atoms with van der Waals surface area (Å²) in [6, 6.07) is 7.28. The number of rotatable bonds is 7. The zero-order valence-corrected chi connectivity index (χ0v) is 11.8. The van der Waals surface area contributed by atoms with E-state index in [0.29, 0.717) is 18.1 Å². The van der Waals surface area contributed by atoms with Gasteiger partial charge in [0.15, 0.2) is 0 Å². The predicted molar refractivity (Wildman–Crippen MR) is 75.8 cm³/mol. The van der Waals surface area contributed by atoms with Crippen molar-refractivity contribution in [3.8, 4) is 0 Å². The molecule has 0 aromatic heterocycles. The van der Waals surface area contributed by atoms with Crippen molar-refractivity contribution >= 4 is 23.4 Å². The third kappa shape index (κ3) is 6.25. The van der Waals surface area contributed by atoms with E-state index in [9.17, 15) is 9.59 Å². The molecule has 0 heterocycles. The van der Waals surface area contributed by atoms with Gasteiger partial charge in [-0.25, -0.2) is 0 Å². The van der Waals surface area contributed by atoms with Crippen LogP contribution in [0, 0.1) is 0 Å². The molecule has 0 spiro atoms. The molecule has 1 aromatic carbocycles. The number of carbonyl (C=O) groups is 2. The van der Waals surface area contributed by atoms with Crippen LogP contribution in [0.3, 0.4) is 0 Å². The molecule has 19 heavy (non-hydrogen) atoms. The van der Waals surface area contributed by atoms with Crippen LogP contribution >= 0.6 is 11.6 Å². The fourth-order valence-corrected chi connectivity index (χ4v) is 1.71. The molecule has 0 bridgehead atoms. The zero-order valence-electron chi connectivity index (χ0n) is 11.0. The summed E-state index contributed by atoms with van der Waals surface area (Å²) in [4.78, 5) is 23.0. The van der Waals surface area contributed by atoms with Crippen LogP contribution in [-0.2, 0) is 16.1 Å². The smallest absolute Gasteiger partial charge is 0.229 e. The first-order chi connectivity index (χ1) is 9.13. The molecule has 5 heteroatoms. The number of hydrogen-bond acceptors (Lipinski definition) is 2. The largest absolute Gasteiger partial charge is 0.356 e. The van der Waals surface area contributed by atoms with Crippen molar-refractivity contribution in [2.45, 2.75) is 32.7 Å². The van der Waals surface area contributed by atoms with E-state index in [1.165, 1.54) is 0 Å². The monoisotopic (exact) mass is 282 g/mol. The summed E-state index contributed by atoms with van der Waals surface area (Å²) in [6.07, 6.45) is 1.79. The van der Waals surface area contributed by atoms with Gasteiger partial charge in [0, 0.05) is 18.1 Å². The van der Waals surface area contributed by atoms with Gasteiger partial charge in [0.25, 0.3) is 0 Å². The van der Waals surface area contributed by atoms with Crippen molar-refractivity contribution < 1.29 is 9.59 Å². The van der Waals surface area contributed by atoms with Crippen molar-refractivity contribution in [1.82, 2.24) is 10.6 Å². The normalized spacial score (nSPS) is 10.0. The number of halogens is 1. The Kier molecular flexibility index (Phi) is 6.97. The molecule has 0 aliphatic heterocycles. The van der Waals surface area contributed by atoms with Gasteiger partial charge in [-0.05, 0) is 18.1 Å². The van der Waals surface area contributed by atoms with E-state index in [4.69, 9.17) is 11.6 Å². The average molecular weight is 283 g/mol. The number of unbranched alkanes of at least 4 members (excludes halogenated alkanes) is 1. The summed E-state index contributed by atoms with van der Waals surface area (Å²) in [5.41, 5.74) is 0.837. The van der Waals surface area contributed by atoms with Crippen LogP contribution in [0.1, 0.15) is 31.7 Å². The first-order valence-corrected chi connectivity index (χ1v) is 6.78. The van der Waals surface area contributed by atoms with Gasteiger partial charge in [0.2, 0.25) is 11.8 Å². The van der Waals surface area contributed by atoms with E-state index in [1.807, 2.05) is 25.1 Å². The van der Waals surface area contributed by atoms with Crippen molar-refractivity contribution in [2.24, 2.45) is 0 Å². The van der Waals surface area contributed by atoms with Crippen molar-refractivity contribution in [1.29, 1.82) is 0 Å². The van der Waals surface area contributed by atoms with Crippen LogP contribution in [0.15, 0.2) is 24.3 Å². The summed E-state index contributed by atoms with van der Waals surface area (Å²) < 4.78 is 0. The van der Waals surface area contributed by atoms with Crippen LogP contribution in [-0.4, -0.2) is 18.4 Å². The van der Waals surface area contributed by atoms with E-state index in [0.717, 1.165) is 18.4 Å². The van der Waals surface area contributed by atoms with Gasteiger partial charge < -0.3 is 10.6 Å². The Labute approximate surface area is 118 Å². The van der Waals surface area contributed by atoms with Crippen LogP contribution < -0.4 is 10.6 Å². The Morgan fingerprint density at radius 3 is 2.53 bits per heavy atom. The Morgan fingerprint density at radius 1 is 1.16 bits per heavy atom. The maximum absolute atomic E-state index is 11.6. The quantitative estimate of drug-likeness (QED) is 0.595. The Hall–Kier alpha value is -1.55. The summed E-state index contributed by atoms with van der Waals surface area (Å²) in [5.74, 6) is -0.543. The molecule has 104 valence electrons. The number of benzene rings is 1. The Bertz CT molecular complexity index is 435. The average Bonchev–Trinajstić information content (AvgIpc) is 2.38. The summed E-state index contributed by atoms with van der Waals surface area (Å²) in [5, 5.41) is 5.98. The molecule has 0 unspecified atom stereocenters. The van der Waals surface area contributed by atoms with Crippen LogP contribution in [0.4, 0.5) is 0 Å². The fraction of sp³-hybridized carbons (Fsp3) is 0.429. The maximum Gasteiger partial charge on any atom is 0.229 e. The highest BCUT2D eigenvalue weighted by molar-refractivity contribution is 6.31. The molecule has 0 aliphatic carbocycles. The van der Waals surface area contributed by atoms with Crippen LogP contribution in [0.2, 0.25) is 5.02 Å². The van der Waals surface area contributed by atoms with E-state index in [1.54, 1.807) is 6.07 Å². The molecule has 2 N–H and O–H groups in total. The minimum absolute atomic E-state index is 0.145. The second kappa shape index (κ2) is 8.53. The standard InChI is InChI=1S/C14H19ClN2O2/c1-2-3-8-16-13(18)9-14(19)17-10-11-6-4-5-7-12(11)15/h4-7H,2-3,8-10H2,1H3,(H,16,18)(H,17,19). The third-order valence-electron chi connectivity index (χ3n) is 2.61. The highest BCUT2D eigenvalue weighted by Crippen LogP contribution is 2.14. The molecule has 1 aromatic rings. The van der Waals surface area contributed by atoms with Gasteiger partial charge in [-0.1, -0.05) is 43.1 Å². The lowest BCUT2D eigenvalue weighted by Gasteiger charge is -2.07. The van der Waals surface area contributed by atoms with E-state index < -0.39 is 0 Å². The maximum atomic E-state index is 11.6. The third-order valence-corrected chi connectivity index (χ3v) is 2.98. The highest BCUT2D eigenvalue weighted by Gasteiger charge is 2.09. The van der Waals surface area contributed by atoms with E-state index >= 15 is 0 Å². The number of hydrogen-bond donors (Lipinski definition) is 2. The second-order valence-corrected chi connectivity index (χ2v) is 4.66. The molecule has 0 radical (unpaired) electrons. The lowest BCUT2D eigenvalue weighted by Crippen LogP contribution is -2.32. The summed E-state index contributed by atoms with van der Waals surface area (Å²) in [6.45, 7) is 3.00. The molecular formula is C14H19ClN2O2. The minimum atomic E-state index is -0.297. The van der Waals surface area contributed by atoms with E-state index in [-0.39, 0.29) is 18.2 Å². The van der Waals surface area contributed by atoms with Crippen molar-refractivity contribution in [2.75, 3.05) is 6.54 Å². The second-order valence-electron chi connectivity index (χ2n) is 4.25. The van der Waals surface area contributed by atoms with Gasteiger partial charge in [0.05, 0.1) is 0 Å². The Balaban J connectivity index is 2.28. The molecular weight excluding hydrogens is 264 g/mol. The molecule has 2 amide bonds. The predicted octanol–water partition coefficient (Wildman–Crippen LogP) is 2.26. The first-order valence-electron chi connectivity index (χ1n) is 6.40. The molecule has 4 nitrogen and oxygen atoms in total. The molecule has 0 saturated heterocycles. The van der Waals surface area contributed by atoms with Crippen molar-refractivity contribution in [3.63, 3.8) is 0 Å². The topological polar surface area (TPSA) is 58.2 Å². The fourth-order valence-electron chi connectivity index (χ4n) is 1.51. The van der Waals surface area contributed by atoms with E-state index in [2.05, 4.69) is 10.6 Å².